The quantitative estimate of drug-likeness (QED) is 0.831. The molecule has 1 heterocycles. The van der Waals surface area contributed by atoms with Crippen molar-refractivity contribution in [3.05, 3.63) is 22.2 Å². The summed E-state index contributed by atoms with van der Waals surface area (Å²) in [5.41, 5.74) is 6.60. The van der Waals surface area contributed by atoms with Crippen LogP contribution < -0.4 is 15.2 Å². The molecule has 0 radical (unpaired) electrons. The second-order valence-electron chi connectivity index (χ2n) is 5.29. The molecule has 3 N–H and O–H groups in total. The predicted octanol–water partition coefficient (Wildman–Crippen LogP) is 1.40. The lowest BCUT2D eigenvalue weighted by Gasteiger charge is -2.17. The Kier molecular flexibility index (Phi) is 3.79. The van der Waals surface area contributed by atoms with E-state index in [4.69, 9.17) is 10.5 Å². The highest BCUT2D eigenvalue weighted by molar-refractivity contribution is 9.10. The normalized spacial score (nSPS) is 19.5. The van der Waals surface area contributed by atoms with E-state index in [9.17, 15) is 8.42 Å². The van der Waals surface area contributed by atoms with Gasteiger partial charge in [-0.25, -0.2) is 13.1 Å². The Bertz CT molecular complexity index is 629. The first-order valence-electron chi connectivity index (χ1n) is 6.69. The lowest BCUT2D eigenvalue weighted by molar-refractivity contribution is 0.348. The topological polar surface area (TPSA) is 81.4 Å². The molecule has 1 unspecified atom stereocenters. The van der Waals surface area contributed by atoms with Crippen molar-refractivity contribution in [2.24, 2.45) is 11.7 Å². The SMILES string of the molecule is NCC(NS(=O)(=O)c1cc(Br)cc2c1OCC2)C1CC1. The molecule has 3 rings (SSSR count). The highest BCUT2D eigenvalue weighted by atomic mass is 79.9. The Morgan fingerprint density at radius 1 is 1.45 bits per heavy atom. The van der Waals surface area contributed by atoms with E-state index in [2.05, 4.69) is 20.7 Å². The average molecular weight is 361 g/mol. The van der Waals surface area contributed by atoms with Crippen molar-refractivity contribution in [3.63, 3.8) is 0 Å². The van der Waals surface area contributed by atoms with Gasteiger partial charge in [0.1, 0.15) is 10.6 Å². The van der Waals surface area contributed by atoms with E-state index in [1.807, 2.05) is 6.07 Å². The van der Waals surface area contributed by atoms with E-state index in [1.54, 1.807) is 6.07 Å². The number of hydrogen-bond donors (Lipinski definition) is 2. The second kappa shape index (κ2) is 5.29. The first-order valence-corrected chi connectivity index (χ1v) is 8.96. The molecule has 1 aliphatic carbocycles. The number of nitrogens with two attached hydrogens (primary N) is 1. The van der Waals surface area contributed by atoms with E-state index in [0.717, 1.165) is 29.3 Å². The summed E-state index contributed by atoms with van der Waals surface area (Å²) in [5.74, 6) is 0.850. The van der Waals surface area contributed by atoms with Crippen molar-refractivity contribution in [1.29, 1.82) is 0 Å². The second-order valence-corrected chi connectivity index (χ2v) is 7.89. The van der Waals surface area contributed by atoms with Crippen LogP contribution >= 0.6 is 15.9 Å². The number of sulfonamides is 1. The van der Waals surface area contributed by atoms with Crippen molar-refractivity contribution < 1.29 is 13.2 Å². The molecule has 110 valence electrons. The fraction of sp³-hybridized carbons (Fsp3) is 0.538. The van der Waals surface area contributed by atoms with Crippen LogP contribution in [0.4, 0.5) is 0 Å². The number of hydrogen-bond acceptors (Lipinski definition) is 4. The van der Waals surface area contributed by atoms with Crippen LogP contribution in [0, 0.1) is 5.92 Å². The number of ether oxygens (including phenoxy) is 1. The van der Waals surface area contributed by atoms with Crippen LogP contribution in [-0.4, -0.2) is 27.6 Å². The molecule has 1 aromatic carbocycles. The van der Waals surface area contributed by atoms with Crippen molar-refractivity contribution in [3.8, 4) is 5.75 Å². The molecule has 0 aromatic heterocycles. The van der Waals surface area contributed by atoms with Crippen molar-refractivity contribution in [2.75, 3.05) is 13.2 Å². The Morgan fingerprint density at radius 3 is 2.85 bits per heavy atom. The largest absolute Gasteiger partial charge is 0.492 e. The number of fused-ring (bicyclic) bond motifs is 1. The number of rotatable bonds is 5. The fourth-order valence-electron chi connectivity index (χ4n) is 2.53. The van der Waals surface area contributed by atoms with Gasteiger partial charge in [-0.1, -0.05) is 15.9 Å². The zero-order valence-electron chi connectivity index (χ0n) is 10.9. The molecule has 0 bridgehead atoms. The first-order chi connectivity index (χ1) is 9.51. The Hall–Kier alpha value is -0.630. The molecule has 5 nitrogen and oxygen atoms in total. The molecule has 2 aliphatic rings. The summed E-state index contributed by atoms with van der Waals surface area (Å²) in [4.78, 5) is 0.207. The fourth-order valence-corrected chi connectivity index (χ4v) is 4.72. The van der Waals surface area contributed by atoms with E-state index >= 15 is 0 Å². The third-order valence-corrected chi connectivity index (χ3v) is 5.71. The van der Waals surface area contributed by atoms with E-state index in [0.29, 0.717) is 24.8 Å². The van der Waals surface area contributed by atoms with Gasteiger partial charge in [0.25, 0.3) is 0 Å². The highest BCUT2D eigenvalue weighted by Gasteiger charge is 2.35. The Labute approximate surface area is 127 Å². The lowest BCUT2D eigenvalue weighted by atomic mass is 10.2. The number of benzene rings is 1. The molecule has 20 heavy (non-hydrogen) atoms. The van der Waals surface area contributed by atoms with Crippen LogP contribution in [0.2, 0.25) is 0 Å². The molecule has 1 aliphatic heterocycles. The number of halogens is 1. The monoisotopic (exact) mass is 360 g/mol. The minimum atomic E-state index is -3.61. The summed E-state index contributed by atoms with van der Waals surface area (Å²) in [6.07, 6.45) is 2.81. The minimum Gasteiger partial charge on any atom is -0.492 e. The molecule has 1 fully saturated rings. The van der Waals surface area contributed by atoms with Crippen LogP contribution in [0.5, 0.6) is 5.75 Å². The van der Waals surface area contributed by atoms with Gasteiger partial charge in [0.05, 0.1) is 6.61 Å². The van der Waals surface area contributed by atoms with Crippen molar-refractivity contribution >= 4 is 26.0 Å². The molecule has 1 saturated carbocycles. The highest BCUT2D eigenvalue weighted by Crippen LogP contribution is 2.37. The van der Waals surface area contributed by atoms with Crippen LogP contribution in [0.1, 0.15) is 18.4 Å². The van der Waals surface area contributed by atoms with Crippen LogP contribution in [0.3, 0.4) is 0 Å². The zero-order valence-corrected chi connectivity index (χ0v) is 13.3. The predicted molar refractivity (Wildman–Crippen MR) is 79.2 cm³/mol. The lowest BCUT2D eigenvalue weighted by Crippen LogP contribution is -2.41. The van der Waals surface area contributed by atoms with Gasteiger partial charge in [0.15, 0.2) is 0 Å². The summed E-state index contributed by atoms with van der Waals surface area (Å²) >= 11 is 3.36. The van der Waals surface area contributed by atoms with E-state index in [1.165, 1.54) is 0 Å². The summed E-state index contributed by atoms with van der Waals surface area (Å²) in [6.45, 7) is 0.845. The zero-order chi connectivity index (χ0) is 14.3. The maximum Gasteiger partial charge on any atom is 0.244 e. The summed E-state index contributed by atoms with van der Waals surface area (Å²) in [7, 11) is -3.61. The van der Waals surface area contributed by atoms with Crippen LogP contribution in [0.25, 0.3) is 0 Å². The van der Waals surface area contributed by atoms with Gasteiger partial charge in [-0.2, -0.15) is 0 Å². The van der Waals surface area contributed by atoms with Gasteiger partial charge in [0, 0.05) is 29.0 Å². The molecule has 0 amide bonds. The Morgan fingerprint density at radius 2 is 2.20 bits per heavy atom. The molecule has 0 saturated heterocycles. The molecule has 1 aromatic rings. The van der Waals surface area contributed by atoms with Crippen LogP contribution in [-0.2, 0) is 16.4 Å². The molecule has 0 spiro atoms. The average Bonchev–Trinajstić information content (AvgIpc) is 3.13. The standard InChI is InChI=1S/C13H17BrN2O3S/c14-10-5-9-3-4-19-13(9)12(6-10)20(17,18)16-11(7-15)8-1-2-8/h5-6,8,11,16H,1-4,7,15H2. The molecular formula is C13H17BrN2O3S. The maximum absolute atomic E-state index is 12.6. The van der Waals surface area contributed by atoms with Gasteiger partial charge in [0.2, 0.25) is 10.0 Å². The molecule has 7 heteroatoms. The van der Waals surface area contributed by atoms with Crippen molar-refractivity contribution in [1.82, 2.24) is 4.72 Å². The van der Waals surface area contributed by atoms with Crippen LogP contribution in [0.15, 0.2) is 21.5 Å². The van der Waals surface area contributed by atoms with E-state index < -0.39 is 10.0 Å². The Balaban J connectivity index is 1.95. The smallest absolute Gasteiger partial charge is 0.244 e. The molecular weight excluding hydrogens is 344 g/mol. The van der Waals surface area contributed by atoms with Crippen molar-refractivity contribution in [2.45, 2.75) is 30.2 Å². The third-order valence-electron chi connectivity index (χ3n) is 3.76. The molecule has 1 atom stereocenters. The summed E-state index contributed by atoms with van der Waals surface area (Å²) in [6, 6.07) is 3.31. The van der Waals surface area contributed by atoms with E-state index in [-0.39, 0.29) is 10.9 Å². The minimum absolute atomic E-state index is 0.184. The maximum atomic E-state index is 12.6. The summed E-state index contributed by atoms with van der Waals surface area (Å²) in [5, 5.41) is 0. The van der Waals surface area contributed by atoms with Gasteiger partial charge < -0.3 is 10.5 Å². The van der Waals surface area contributed by atoms with Gasteiger partial charge in [-0.3, -0.25) is 0 Å². The first kappa shape index (κ1) is 14.3. The number of nitrogens with one attached hydrogen (secondary N) is 1. The third kappa shape index (κ3) is 2.72. The van der Waals surface area contributed by atoms with Gasteiger partial charge in [-0.05, 0) is 30.9 Å². The summed E-state index contributed by atoms with van der Waals surface area (Å²) < 4.78 is 34.1. The van der Waals surface area contributed by atoms with Gasteiger partial charge in [-0.15, -0.1) is 0 Å². The van der Waals surface area contributed by atoms with Gasteiger partial charge >= 0.3 is 0 Å².